The first kappa shape index (κ1) is 18.1. The van der Waals surface area contributed by atoms with E-state index >= 15 is 0 Å². The fraction of sp³-hybridized carbons (Fsp3) is 0.208. The molecule has 31 heavy (non-hydrogen) atoms. The number of aromatic nitrogens is 5. The van der Waals surface area contributed by atoms with E-state index in [0.717, 1.165) is 46.3 Å². The van der Waals surface area contributed by atoms with Gasteiger partial charge in [0.2, 0.25) is 0 Å². The molecule has 0 aliphatic heterocycles. The van der Waals surface area contributed by atoms with E-state index in [2.05, 4.69) is 9.55 Å². The van der Waals surface area contributed by atoms with Crippen molar-refractivity contribution in [3.63, 3.8) is 0 Å². The third-order valence-corrected chi connectivity index (χ3v) is 5.96. The Kier molecular flexibility index (Phi) is 4.02. The van der Waals surface area contributed by atoms with Crippen molar-refractivity contribution in [3.8, 4) is 0 Å². The molecule has 1 saturated carbocycles. The van der Waals surface area contributed by atoms with Crippen LogP contribution in [0.25, 0.3) is 22.1 Å². The number of rotatable bonds is 5. The van der Waals surface area contributed by atoms with Gasteiger partial charge < -0.3 is 4.57 Å². The van der Waals surface area contributed by atoms with Crippen LogP contribution in [0.3, 0.4) is 0 Å². The minimum absolute atomic E-state index is 0.0223. The van der Waals surface area contributed by atoms with E-state index in [1.807, 2.05) is 34.9 Å². The molecule has 154 valence electrons. The number of imidazole rings is 2. The maximum Gasteiger partial charge on any atom is 0.329 e. The summed E-state index contributed by atoms with van der Waals surface area (Å²) >= 11 is 0. The lowest BCUT2D eigenvalue weighted by atomic mass is 10.2. The summed E-state index contributed by atoms with van der Waals surface area (Å²) in [4.78, 5) is 22.4. The number of pyridine rings is 1. The number of para-hydroxylation sites is 2. The second-order valence-electron chi connectivity index (χ2n) is 8.06. The zero-order chi connectivity index (χ0) is 20.9. The second-order valence-corrected chi connectivity index (χ2v) is 8.06. The Labute approximate surface area is 177 Å². The Morgan fingerprint density at radius 3 is 2.52 bits per heavy atom. The fourth-order valence-corrected chi connectivity index (χ4v) is 4.30. The first-order valence-corrected chi connectivity index (χ1v) is 10.4. The van der Waals surface area contributed by atoms with Crippen LogP contribution in [0.1, 0.15) is 30.3 Å². The van der Waals surface area contributed by atoms with E-state index in [0.29, 0.717) is 13.1 Å². The van der Waals surface area contributed by atoms with Gasteiger partial charge in [0, 0.05) is 18.8 Å². The normalized spacial score (nSPS) is 14.0. The van der Waals surface area contributed by atoms with Crippen molar-refractivity contribution in [3.05, 3.63) is 94.7 Å². The quantitative estimate of drug-likeness (QED) is 0.436. The van der Waals surface area contributed by atoms with Gasteiger partial charge in [0.15, 0.2) is 0 Å². The Balaban J connectivity index is 1.49. The lowest BCUT2D eigenvalue weighted by Crippen LogP contribution is -2.25. The maximum absolute atomic E-state index is 13.4. The summed E-state index contributed by atoms with van der Waals surface area (Å²) in [6, 6.07) is 16.6. The predicted octanol–water partition coefficient (Wildman–Crippen LogP) is 4.12. The van der Waals surface area contributed by atoms with Gasteiger partial charge in [-0.25, -0.2) is 14.2 Å². The average molecular weight is 413 g/mol. The van der Waals surface area contributed by atoms with Gasteiger partial charge in [-0.1, -0.05) is 24.3 Å². The van der Waals surface area contributed by atoms with Crippen molar-refractivity contribution < 1.29 is 4.39 Å². The first-order valence-electron chi connectivity index (χ1n) is 10.4. The third kappa shape index (κ3) is 3.04. The number of hydrogen-bond acceptors (Lipinski definition) is 3. The van der Waals surface area contributed by atoms with Crippen LogP contribution in [-0.4, -0.2) is 23.7 Å². The van der Waals surface area contributed by atoms with Gasteiger partial charge in [-0.3, -0.25) is 14.1 Å². The topological polar surface area (TPSA) is 57.6 Å². The molecule has 0 radical (unpaired) electrons. The van der Waals surface area contributed by atoms with Crippen molar-refractivity contribution in [2.75, 3.05) is 0 Å². The minimum atomic E-state index is -0.258. The van der Waals surface area contributed by atoms with Gasteiger partial charge in [0.1, 0.15) is 11.6 Å². The molecule has 0 spiro atoms. The van der Waals surface area contributed by atoms with Crippen LogP contribution >= 0.6 is 0 Å². The number of halogens is 1. The van der Waals surface area contributed by atoms with Crippen LogP contribution in [0.15, 0.2) is 71.8 Å². The highest BCUT2D eigenvalue weighted by Gasteiger charge is 2.29. The summed E-state index contributed by atoms with van der Waals surface area (Å²) in [7, 11) is 0. The highest BCUT2D eigenvalue weighted by Crippen LogP contribution is 2.36. The molecule has 0 N–H and O–H groups in total. The van der Waals surface area contributed by atoms with Crippen molar-refractivity contribution in [2.45, 2.75) is 32.0 Å². The average Bonchev–Trinajstić information content (AvgIpc) is 3.51. The largest absolute Gasteiger partial charge is 0.329 e. The monoisotopic (exact) mass is 413 g/mol. The Hall–Kier alpha value is -3.74. The van der Waals surface area contributed by atoms with E-state index < -0.39 is 0 Å². The number of benzene rings is 2. The molecule has 1 fully saturated rings. The Morgan fingerprint density at radius 2 is 1.71 bits per heavy atom. The number of hydrogen-bond donors (Lipinski definition) is 0. The van der Waals surface area contributed by atoms with Crippen LogP contribution in [0.5, 0.6) is 0 Å². The van der Waals surface area contributed by atoms with Crippen LogP contribution < -0.4 is 5.69 Å². The van der Waals surface area contributed by atoms with E-state index in [1.165, 1.54) is 12.1 Å². The van der Waals surface area contributed by atoms with Crippen LogP contribution in [-0.2, 0) is 13.1 Å². The second kappa shape index (κ2) is 6.91. The molecule has 0 saturated heterocycles. The van der Waals surface area contributed by atoms with Crippen molar-refractivity contribution in [1.29, 1.82) is 0 Å². The summed E-state index contributed by atoms with van der Waals surface area (Å²) in [6.45, 7) is 0.890. The lowest BCUT2D eigenvalue weighted by molar-refractivity contribution is 0.623. The van der Waals surface area contributed by atoms with Gasteiger partial charge in [0.25, 0.3) is 0 Å². The zero-order valence-electron chi connectivity index (χ0n) is 16.8. The Bertz CT molecular complexity index is 1470. The first-order chi connectivity index (χ1) is 15.2. The molecule has 2 aromatic carbocycles. The minimum Gasteiger partial charge on any atom is -0.322 e. The van der Waals surface area contributed by atoms with Crippen molar-refractivity contribution >= 4 is 22.1 Å². The third-order valence-electron chi connectivity index (χ3n) is 5.96. The fourth-order valence-electron chi connectivity index (χ4n) is 4.30. The summed E-state index contributed by atoms with van der Waals surface area (Å²) in [5.74, 6) is 0.526. The molecule has 1 aliphatic rings. The summed E-state index contributed by atoms with van der Waals surface area (Å²) in [5.41, 5.74) is 4.55. The predicted molar refractivity (Wildman–Crippen MR) is 117 cm³/mol. The summed E-state index contributed by atoms with van der Waals surface area (Å²) in [6.07, 6.45) is 5.55. The van der Waals surface area contributed by atoms with E-state index in [9.17, 15) is 9.18 Å². The molecule has 0 unspecified atom stereocenters. The maximum atomic E-state index is 13.4. The highest BCUT2D eigenvalue weighted by molar-refractivity contribution is 5.77. The van der Waals surface area contributed by atoms with Gasteiger partial charge in [0.05, 0.1) is 34.8 Å². The summed E-state index contributed by atoms with van der Waals surface area (Å²) in [5, 5.41) is 0. The molecule has 0 atom stereocenters. The smallest absolute Gasteiger partial charge is 0.322 e. The van der Waals surface area contributed by atoms with E-state index in [-0.39, 0.29) is 17.5 Å². The molecule has 7 heteroatoms. The SMILES string of the molecule is O=c1n(Cc2nc3ccccc3n2Cc2ccc(F)cc2)c2cnccc2n1C1CC1. The highest BCUT2D eigenvalue weighted by atomic mass is 19.1. The van der Waals surface area contributed by atoms with Crippen molar-refractivity contribution in [1.82, 2.24) is 23.7 Å². The van der Waals surface area contributed by atoms with Crippen molar-refractivity contribution in [2.24, 2.45) is 0 Å². The molecule has 6 rings (SSSR count). The molecule has 1 aliphatic carbocycles. The molecular weight excluding hydrogens is 393 g/mol. The molecule has 5 aromatic rings. The van der Waals surface area contributed by atoms with Crippen LogP contribution in [0.4, 0.5) is 4.39 Å². The van der Waals surface area contributed by atoms with Crippen LogP contribution in [0.2, 0.25) is 0 Å². The molecule has 6 nitrogen and oxygen atoms in total. The molecule has 3 heterocycles. The van der Waals surface area contributed by atoms with E-state index in [4.69, 9.17) is 4.98 Å². The summed E-state index contributed by atoms with van der Waals surface area (Å²) < 4.78 is 19.1. The van der Waals surface area contributed by atoms with Crippen LogP contribution in [0, 0.1) is 5.82 Å². The van der Waals surface area contributed by atoms with Gasteiger partial charge in [-0.15, -0.1) is 0 Å². The molecular formula is C24H20FN5O. The van der Waals surface area contributed by atoms with Gasteiger partial charge in [-0.05, 0) is 48.7 Å². The standard InChI is InChI=1S/C24H20FN5O/c25-17-7-5-16(6-8-17)14-28-20-4-2-1-3-19(20)27-23(28)15-29-22-13-26-12-11-21(22)30(24(29)31)18-9-10-18/h1-8,11-13,18H,9-10,14-15H2. The number of fused-ring (bicyclic) bond motifs is 2. The lowest BCUT2D eigenvalue weighted by Gasteiger charge is -2.10. The van der Waals surface area contributed by atoms with Gasteiger partial charge >= 0.3 is 5.69 Å². The molecule has 0 bridgehead atoms. The Morgan fingerprint density at radius 1 is 0.903 bits per heavy atom. The van der Waals surface area contributed by atoms with E-state index in [1.54, 1.807) is 29.1 Å². The zero-order valence-corrected chi connectivity index (χ0v) is 16.8. The number of nitrogens with zero attached hydrogens (tertiary/aromatic N) is 5. The molecule has 3 aromatic heterocycles. The molecule has 0 amide bonds. The van der Waals surface area contributed by atoms with Gasteiger partial charge in [-0.2, -0.15) is 0 Å².